The fourth-order valence-corrected chi connectivity index (χ4v) is 6.22. The number of carbonyl (C=O) groups excluding carboxylic acids is 1. The zero-order valence-electron chi connectivity index (χ0n) is 17.6. The molecular weight excluding hydrogens is 432 g/mol. The molecule has 0 spiro atoms. The highest BCUT2D eigenvalue weighted by atomic mass is 32.2. The van der Waals surface area contributed by atoms with E-state index in [4.69, 9.17) is 0 Å². The molecule has 0 radical (unpaired) electrons. The highest BCUT2D eigenvalue weighted by Crippen LogP contribution is 2.29. The number of nitrogens with zero attached hydrogens (tertiary/aromatic N) is 3. The van der Waals surface area contributed by atoms with Crippen molar-refractivity contribution in [2.75, 3.05) is 32.0 Å². The largest absolute Gasteiger partial charge is 0.376 e. The first-order chi connectivity index (χ1) is 14.9. The summed E-state index contributed by atoms with van der Waals surface area (Å²) in [4.78, 5) is 19.3. The lowest BCUT2D eigenvalue weighted by Gasteiger charge is -2.23. The van der Waals surface area contributed by atoms with Crippen LogP contribution in [0, 0.1) is 0 Å². The number of likely N-dealkylation sites (N-methyl/N-ethyl adjacent to an activating group) is 1. The van der Waals surface area contributed by atoms with E-state index in [1.165, 1.54) is 4.31 Å². The summed E-state index contributed by atoms with van der Waals surface area (Å²) in [6.07, 6.45) is 1.79. The summed E-state index contributed by atoms with van der Waals surface area (Å²) in [6, 6.07) is 14.4. The quantitative estimate of drug-likeness (QED) is 0.584. The summed E-state index contributed by atoms with van der Waals surface area (Å²) in [6.45, 7) is 3.15. The minimum atomic E-state index is -3.49. The second kappa shape index (κ2) is 8.94. The average molecular weight is 459 g/mol. The predicted molar refractivity (Wildman–Crippen MR) is 124 cm³/mol. The molecule has 0 unspecified atom stereocenters. The molecule has 0 bridgehead atoms. The second-order valence-corrected chi connectivity index (χ2v) is 10.7. The average Bonchev–Trinajstić information content (AvgIpc) is 3.47. The Morgan fingerprint density at radius 3 is 2.68 bits per heavy atom. The zero-order valence-corrected chi connectivity index (χ0v) is 19.2. The van der Waals surface area contributed by atoms with Crippen LogP contribution >= 0.6 is 11.3 Å². The van der Waals surface area contributed by atoms with Gasteiger partial charge in [-0.1, -0.05) is 18.2 Å². The summed E-state index contributed by atoms with van der Waals surface area (Å²) < 4.78 is 28.2. The number of sulfonamides is 1. The molecule has 164 valence electrons. The lowest BCUT2D eigenvalue weighted by atomic mass is 10.3. The molecule has 1 aromatic heterocycles. The second-order valence-electron chi connectivity index (χ2n) is 7.69. The van der Waals surface area contributed by atoms with Gasteiger partial charge in [-0.15, -0.1) is 11.3 Å². The number of carbonyl (C=O) groups is 1. The summed E-state index contributed by atoms with van der Waals surface area (Å²) in [5.41, 5.74) is 1.54. The van der Waals surface area contributed by atoms with Crippen LogP contribution in [0.15, 0.2) is 53.4 Å². The smallest absolute Gasteiger partial charge is 0.243 e. The summed E-state index contributed by atoms with van der Waals surface area (Å²) in [5, 5.41) is 3.96. The molecule has 1 N–H and O–H groups in total. The van der Waals surface area contributed by atoms with Crippen LogP contribution in [0.2, 0.25) is 0 Å². The molecule has 1 fully saturated rings. The van der Waals surface area contributed by atoms with Gasteiger partial charge in [0.25, 0.3) is 0 Å². The Labute approximate surface area is 186 Å². The van der Waals surface area contributed by atoms with Crippen molar-refractivity contribution in [1.29, 1.82) is 0 Å². The molecule has 2 aromatic carbocycles. The van der Waals surface area contributed by atoms with Crippen LogP contribution in [0.3, 0.4) is 0 Å². The maximum absolute atomic E-state index is 12.8. The number of rotatable bonds is 7. The summed E-state index contributed by atoms with van der Waals surface area (Å²) >= 11 is 1.59. The van der Waals surface area contributed by atoms with Gasteiger partial charge in [-0.05, 0) is 50.1 Å². The molecule has 1 saturated heterocycles. The van der Waals surface area contributed by atoms with Crippen molar-refractivity contribution in [3.63, 3.8) is 0 Å². The SMILES string of the molecule is C[C@@H](c1nc2ccccc2s1)N(C)C(=O)CNc1cccc(S(=O)(=O)N2CCCC2)c1. The van der Waals surface area contributed by atoms with E-state index in [0.717, 1.165) is 28.1 Å². The topological polar surface area (TPSA) is 82.6 Å². The van der Waals surface area contributed by atoms with Gasteiger partial charge in [0.1, 0.15) is 5.01 Å². The highest BCUT2D eigenvalue weighted by Gasteiger charge is 2.27. The molecule has 4 rings (SSSR count). The van der Waals surface area contributed by atoms with Gasteiger partial charge in [-0.2, -0.15) is 4.31 Å². The number of fused-ring (bicyclic) bond motifs is 1. The van der Waals surface area contributed by atoms with Crippen LogP contribution in [-0.2, 0) is 14.8 Å². The highest BCUT2D eigenvalue weighted by molar-refractivity contribution is 7.89. The van der Waals surface area contributed by atoms with Gasteiger partial charge in [0.05, 0.1) is 27.7 Å². The van der Waals surface area contributed by atoms with Crippen LogP contribution in [0.1, 0.15) is 30.8 Å². The minimum absolute atomic E-state index is 0.0684. The Hall–Kier alpha value is -2.49. The summed E-state index contributed by atoms with van der Waals surface area (Å²) in [5.74, 6) is -0.0976. The Kier molecular flexibility index (Phi) is 6.27. The first-order valence-electron chi connectivity index (χ1n) is 10.3. The molecular formula is C22H26N4O3S2. The van der Waals surface area contributed by atoms with Crippen molar-refractivity contribution in [1.82, 2.24) is 14.2 Å². The van der Waals surface area contributed by atoms with Gasteiger partial charge in [0.2, 0.25) is 15.9 Å². The van der Waals surface area contributed by atoms with Gasteiger partial charge in [-0.25, -0.2) is 13.4 Å². The predicted octanol–water partition coefficient (Wildman–Crippen LogP) is 3.71. The van der Waals surface area contributed by atoms with Crippen LogP contribution in [0.4, 0.5) is 5.69 Å². The molecule has 1 aliphatic heterocycles. The van der Waals surface area contributed by atoms with Crippen LogP contribution in [-0.4, -0.2) is 55.2 Å². The van der Waals surface area contributed by atoms with Crippen LogP contribution in [0.25, 0.3) is 10.2 Å². The number of para-hydroxylation sites is 1. The van der Waals surface area contributed by atoms with Crippen LogP contribution < -0.4 is 5.32 Å². The Balaban J connectivity index is 1.41. The van der Waals surface area contributed by atoms with Crippen molar-refractivity contribution < 1.29 is 13.2 Å². The van der Waals surface area contributed by atoms with Gasteiger partial charge in [-0.3, -0.25) is 4.79 Å². The van der Waals surface area contributed by atoms with Crippen molar-refractivity contribution >= 4 is 43.2 Å². The van der Waals surface area contributed by atoms with Crippen LogP contribution in [0.5, 0.6) is 0 Å². The molecule has 0 aliphatic carbocycles. The van der Waals surface area contributed by atoms with Crippen molar-refractivity contribution in [2.45, 2.75) is 30.7 Å². The number of benzene rings is 2. The van der Waals surface area contributed by atoms with E-state index in [2.05, 4.69) is 10.3 Å². The molecule has 0 saturated carbocycles. The third-order valence-corrected chi connectivity index (χ3v) is 8.72. The lowest BCUT2D eigenvalue weighted by molar-refractivity contribution is -0.129. The summed E-state index contributed by atoms with van der Waals surface area (Å²) in [7, 11) is -1.73. The fourth-order valence-electron chi connectivity index (χ4n) is 3.60. The van der Waals surface area contributed by atoms with Gasteiger partial charge in [0.15, 0.2) is 0 Å². The molecule has 7 nitrogen and oxygen atoms in total. The minimum Gasteiger partial charge on any atom is -0.376 e. The number of anilines is 1. The molecule has 9 heteroatoms. The Morgan fingerprint density at radius 2 is 1.94 bits per heavy atom. The van der Waals surface area contributed by atoms with E-state index >= 15 is 0 Å². The number of nitrogens with one attached hydrogen (secondary N) is 1. The van der Waals surface area contributed by atoms with Gasteiger partial charge < -0.3 is 10.2 Å². The molecule has 1 atom stereocenters. The monoisotopic (exact) mass is 458 g/mol. The molecule has 3 aromatic rings. The molecule has 1 aliphatic rings. The lowest BCUT2D eigenvalue weighted by Crippen LogP contribution is -2.34. The molecule has 2 heterocycles. The number of hydrogen-bond acceptors (Lipinski definition) is 6. The van der Waals surface area contributed by atoms with E-state index in [1.54, 1.807) is 47.5 Å². The normalized spacial score (nSPS) is 15.8. The standard InChI is InChI=1S/C22H26N4O3S2/c1-16(22-24-19-10-3-4-11-20(19)30-22)25(2)21(27)15-23-17-8-7-9-18(14-17)31(28,29)26-12-5-6-13-26/h3-4,7-11,14,16,23H,5-6,12-13,15H2,1-2H3/t16-/m0/s1. The van der Waals surface area contributed by atoms with Crippen molar-refractivity contribution in [3.05, 3.63) is 53.5 Å². The molecule has 31 heavy (non-hydrogen) atoms. The van der Waals surface area contributed by atoms with E-state index in [1.807, 2.05) is 31.2 Å². The third kappa shape index (κ3) is 4.58. The Morgan fingerprint density at radius 1 is 1.19 bits per heavy atom. The fraction of sp³-hybridized carbons (Fsp3) is 0.364. The number of amides is 1. The number of aromatic nitrogens is 1. The first kappa shape index (κ1) is 21.7. The third-order valence-electron chi connectivity index (χ3n) is 5.62. The van der Waals surface area contributed by atoms with E-state index < -0.39 is 10.0 Å². The number of hydrogen-bond donors (Lipinski definition) is 1. The Bertz CT molecular complexity index is 1150. The van der Waals surface area contributed by atoms with E-state index in [9.17, 15) is 13.2 Å². The van der Waals surface area contributed by atoms with E-state index in [0.29, 0.717) is 18.8 Å². The molecule has 1 amide bonds. The maximum atomic E-state index is 12.8. The number of thiazole rings is 1. The first-order valence-corrected chi connectivity index (χ1v) is 12.6. The van der Waals surface area contributed by atoms with Crippen molar-refractivity contribution in [3.8, 4) is 0 Å². The van der Waals surface area contributed by atoms with E-state index in [-0.39, 0.29) is 23.4 Å². The van der Waals surface area contributed by atoms with Gasteiger partial charge in [0, 0.05) is 25.8 Å². The van der Waals surface area contributed by atoms with Crippen molar-refractivity contribution in [2.24, 2.45) is 0 Å². The van der Waals surface area contributed by atoms with Gasteiger partial charge >= 0.3 is 0 Å². The zero-order chi connectivity index (χ0) is 22.0. The maximum Gasteiger partial charge on any atom is 0.243 e.